The van der Waals surface area contributed by atoms with E-state index >= 15 is 0 Å². The van der Waals surface area contributed by atoms with E-state index in [1.54, 1.807) is 0 Å². The van der Waals surface area contributed by atoms with Crippen molar-refractivity contribution in [3.8, 4) is 0 Å². The zero-order valence-corrected chi connectivity index (χ0v) is 11.6. The lowest BCUT2D eigenvalue weighted by Crippen LogP contribution is -2.51. The smallest absolute Gasteiger partial charge is 0.249 e. The molecule has 2 amide bonds. The zero-order valence-electron chi connectivity index (χ0n) is 11.6. The van der Waals surface area contributed by atoms with E-state index in [2.05, 4.69) is 10.6 Å². The van der Waals surface area contributed by atoms with Gasteiger partial charge in [-0.2, -0.15) is 0 Å². The molecule has 2 aliphatic rings. The van der Waals surface area contributed by atoms with Crippen molar-refractivity contribution in [1.82, 2.24) is 5.32 Å². The molecule has 0 aromatic heterocycles. The third-order valence-electron chi connectivity index (χ3n) is 3.78. The van der Waals surface area contributed by atoms with Crippen LogP contribution in [0.2, 0.25) is 0 Å². The summed E-state index contributed by atoms with van der Waals surface area (Å²) in [5.74, 6) is -2.39. The van der Waals surface area contributed by atoms with Crippen molar-refractivity contribution in [2.75, 3.05) is 23.3 Å². The van der Waals surface area contributed by atoms with Gasteiger partial charge in [0.25, 0.3) is 0 Å². The highest BCUT2D eigenvalue weighted by molar-refractivity contribution is 6.01. The van der Waals surface area contributed by atoms with E-state index in [-0.39, 0.29) is 43.2 Å². The fourth-order valence-electron chi connectivity index (χ4n) is 2.62. The van der Waals surface area contributed by atoms with Gasteiger partial charge in [0, 0.05) is 25.2 Å². The highest BCUT2D eigenvalue weighted by atomic mass is 19.1. The summed E-state index contributed by atoms with van der Waals surface area (Å²) >= 11 is 0. The van der Waals surface area contributed by atoms with Crippen molar-refractivity contribution in [1.29, 1.82) is 0 Å². The Morgan fingerprint density at radius 1 is 1.23 bits per heavy atom. The molecular weight excluding hydrogens is 296 g/mol. The van der Waals surface area contributed by atoms with Crippen LogP contribution in [0.25, 0.3) is 0 Å². The third-order valence-corrected chi connectivity index (χ3v) is 3.78. The second-order valence-corrected chi connectivity index (χ2v) is 5.50. The number of carbonyl (C=O) groups excluding carboxylic acids is 2. The Hall–Kier alpha value is -2.22. The maximum atomic E-state index is 14.1. The van der Waals surface area contributed by atoms with Gasteiger partial charge in [-0.1, -0.05) is 0 Å². The Labute approximate surface area is 125 Å². The molecule has 2 aliphatic heterocycles. The fourth-order valence-corrected chi connectivity index (χ4v) is 2.62. The lowest BCUT2D eigenvalue weighted by molar-refractivity contribution is -0.133. The number of aliphatic hydroxyl groups is 1. The number of anilines is 2. The number of rotatable bonds is 3. The molecule has 1 atom stereocenters. The van der Waals surface area contributed by atoms with Crippen LogP contribution in [0, 0.1) is 11.6 Å². The minimum atomic E-state index is -0.762. The molecule has 2 heterocycles. The predicted molar refractivity (Wildman–Crippen MR) is 74.4 cm³/mol. The molecule has 0 aliphatic carbocycles. The lowest BCUT2D eigenvalue weighted by Gasteiger charge is -2.38. The standard InChI is InChI=1S/C14H15F2N3O3/c15-9-3-7(17-11-1-2-12(21)18-14(11)22)4-10(16)13(9)19-5-8(20)6-19/h3-4,8,11,17,20H,1-2,5-6H2,(H,18,21,22). The van der Waals surface area contributed by atoms with Gasteiger partial charge >= 0.3 is 0 Å². The van der Waals surface area contributed by atoms with Gasteiger partial charge < -0.3 is 15.3 Å². The predicted octanol–water partition coefficient (Wildman–Crippen LogP) is 0.363. The molecule has 1 aromatic carbocycles. The molecule has 2 fully saturated rings. The highest BCUT2D eigenvalue weighted by Gasteiger charge is 2.30. The molecular formula is C14H15F2N3O3. The normalized spacial score (nSPS) is 22.3. The van der Waals surface area contributed by atoms with Crippen LogP contribution in [-0.4, -0.2) is 42.2 Å². The van der Waals surface area contributed by atoms with Gasteiger partial charge in [0.2, 0.25) is 11.8 Å². The number of piperidine rings is 1. The molecule has 0 spiro atoms. The quantitative estimate of drug-likeness (QED) is 0.702. The number of hydrogen-bond acceptors (Lipinski definition) is 5. The van der Waals surface area contributed by atoms with Crippen LogP contribution in [0.5, 0.6) is 0 Å². The number of β-amino-alcohol motifs (C(OH)–C–C–N with tert-alkyl or cyclic N) is 1. The Balaban J connectivity index is 1.75. The summed E-state index contributed by atoms with van der Waals surface area (Å²) in [6.07, 6.45) is -0.119. The van der Waals surface area contributed by atoms with Gasteiger partial charge in [0.15, 0.2) is 11.6 Å². The average Bonchev–Trinajstić information content (AvgIpc) is 2.39. The van der Waals surface area contributed by atoms with E-state index in [9.17, 15) is 23.5 Å². The minimum Gasteiger partial charge on any atom is -0.389 e. The van der Waals surface area contributed by atoms with Crippen molar-refractivity contribution in [2.45, 2.75) is 25.0 Å². The van der Waals surface area contributed by atoms with E-state index in [1.165, 1.54) is 4.90 Å². The van der Waals surface area contributed by atoms with Gasteiger partial charge in [-0.25, -0.2) is 8.78 Å². The van der Waals surface area contributed by atoms with Gasteiger partial charge in [0.05, 0.1) is 6.10 Å². The number of aliphatic hydroxyl groups excluding tert-OH is 1. The molecule has 2 saturated heterocycles. The zero-order chi connectivity index (χ0) is 15.9. The van der Waals surface area contributed by atoms with Crippen molar-refractivity contribution in [3.63, 3.8) is 0 Å². The van der Waals surface area contributed by atoms with E-state index in [1.807, 2.05) is 0 Å². The Kier molecular flexibility index (Phi) is 3.69. The van der Waals surface area contributed by atoms with Gasteiger partial charge in [0.1, 0.15) is 11.7 Å². The summed E-state index contributed by atoms with van der Waals surface area (Å²) in [7, 11) is 0. The third kappa shape index (κ3) is 2.74. The summed E-state index contributed by atoms with van der Waals surface area (Å²) in [6, 6.07) is 1.51. The van der Waals surface area contributed by atoms with Crippen LogP contribution in [0.4, 0.5) is 20.2 Å². The van der Waals surface area contributed by atoms with Crippen molar-refractivity contribution in [3.05, 3.63) is 23.8 Å². The largest absolute Gasteiger partial charge is 0.389 e. The SMILES string of the molecule is O=C1CCC(Nc2cc(F)c(N3CC(O)C3)c(F)c2)C(=O)N1. The summed E-state index contributed by atoms with van der Waals surface area (Å²) in [4.78, 5) is 24.1. The molecule has 0 radical (unpaired) electrons. The number of imide groups is 1. The molecule has 6 nitrogen and oxygen atoms in total. The summed E-state index contributed by atoms with van der Waals surface area (Å²) < 4.78 is 28.1. The first kappa shape index (κ1) is 14.7. The van der Waals surface area contributed by atoms with E-state index < -0.39 is 29.7 Å². The molecule has 1 aromatic rings. The Morgan fingerprint density at radius 2 is 1.86 bits per heavy atom. The number of nitrogens with zero attached hydrogens (tertiary/aromatic N) is 1. The Morgan fingerprint density at radius 3 is 2.41 bits per heavy atom. The topological polar surface area (TPSA) is 81.7 Å². The van der Waals surface area contributed by atoms with Crippen LogP contribution in [0.3, 0.4) is 0 Å². The van der Waals surface area contributed by atoms with Crippen LogP contribution in [-0.2, 0) is 9.59 Å². The van der Waals surface area contributed by atoms with E-state index in [4.69, 9.17) is 0 Å². The summed E-state index contributed by atoms with van der Waals surface area (Å²) in [6.45, 7) is 0.377. The second kappa shape index (κ2) is 5.53. The number of carbonyl (C=O) groups is 2. The van der Waals surface area contributed by atoms with E-state index in [0.717, 1.165) is 12.1 Å². The first-order valence-corrected chi connectivity index (χ1v) is 6.96. The van der Waals surface area contributed by atoms with Gasteiger partial charge in [-0.05, 0) is 18.6 Å². The van der Waals surface area contributed by atoms with Crippen molar-refractivity contribution in [2.24, 2.45) is 0 Å². The van der Waals surface area contributed by atoms with Crippen LogP contribution in [0.1, 0.15) is 12.8 Å². The second-order valence-electron chi connectivity index (χ2n) is 5.50. The summed E-state index contributed by atoms with van der Waals surface area (Å²) in [5.41, 5.74) is -0.0477. The first-order valence-electron chi connectivity index (χ1n) is 6.96. The minimum absolute atomic E-state index is 0.134. The highest BCUT2D eigenvalue weighted by Crippen LogP contribution is 2.30. The molecule has 0 bridgehead atoms. The maximum Gasteiger partial charge on any atom is 0.249 e. The monoisotopic (exact) mass is 311 g/mol. The van der Waals surface area contributed by atoms with Crippen molar-refractivity contribution >= 4 is 23.2 Å². The number of halogens is 2. The van der Waals surface area contributed by atoms with Gasteiger partial charge in [-0.15, -0.1) is 0 Å². The van der Waals surface area contributed by atoms with Gasteiger partial charge in [-0.3, -0.25) is 14.9 Å². The molecule has 3 rings (SSSR count). The van der Waals surface area contributed by atoms with Crippen molar-refractivity contribution < 1.29 is 23.5 Å². The molecule has 1 unspecified atom stereocenters. The van der Waals surface area contributed by atoms with Crippen LogP contribution in [0.15, 0.2) is 12.1 Å². The Bertz CT molecular complexity index is 609. The lowest BCUT2D eigenvalue weighted by atomic mass is 10.1. The molecule has 22 heavy (non-hydrogen) atoms. The number of hydrogen-bond donors (Lipinski definition) is 3. The molecule has 118 valence electrons. The molecule has 8 heteroatoms. The molecule has 0 saturated carbocycles. The van der Waals surface area contributed by atoms with Crippen LogP contribution < -0.4 is 15.5 Å². The summed E-state index contributed by atoms with van der Waals surface area (Å²) in [5, 5.41) is 14.1. The average molecular weight is 311 g/mol. The fraction of sp³-hybridized carbons (Fsp3) is 0.429. The number of nitrogens with one attached hydrogen (secondary N) is 2. The number of benzene rings is 1. The number of amides is 2. The molecule has 3 N–H and O–H groups in total. The van der Waals surface area contributed by atoms with Crippen LogP contribution >= 0.6 is 0 Å². The first-order chi connectivity index (χ1) is 10.4. The maximum absolute atomic E-state index is 14.1. The van der Waals surface area contributed by atoms with E-state index in [0.29, 0.717) is 0 Å².